The van der Waals surface area contributed by atoms with E-state index in [1.807, 2.05) is 0 Å². The molecule has 50 heavy (non-hydrogen) atoms. The average Bonchev–Trinajstić information content (AvgIpc) is 3.32. The van der Waals surface area contributed by atoms with E-state index in [2.05, 4.69) is 15.0 Å². The van der Waals surface area contributed by atoms with E-state index >= 15 is 4.39 Å². The number of fused-ring (bicyclic) bond motifs is 5. The molecule has 0 bridgehead atoms. The fourth-order valence-corrected chi connectivity index (χ4v) is 8.60. The number of hydrogen-bond donors (Lipinski definition) is 6. The van der Waals surface area contributed by atoms with E-state index in [0.29, 0.717) is 12.0 Å². The summed E-state index contributed by atoms with van der Waals surface area (Å²) in [5, 5.41) is 47.7. The van der Waals surface area contributed by atoms with Gasteiger partial charge in [0.2, 0.25) is 11.7 Å². The number of amides is 1. The van der Waals surface area contributed by atoms with Crippen molar-refractivity contribution >= 4 is 29.4 Å². The van der Waals surface area contributed by atoms with Gasteiger partial charge in [-0.2, -0.15) is 0 Å². The monoisotopic (exact) mass is 715 g/mol. The van der Waals surface area contributed by atoms with Crippen LogP contribution in [0.25, 0.3) is 0 Å². The van der Waals surface area contributed by atoms with Crippen molar-refractivity contribution in [3.05, 3.63) is 23.8 Å². The van der Waals surface area contributed by atoms with Crippen LogP contribution in [-0.2, 0) is 43.1 Å². The van der Waals surface area contributed by atoms with Gasteiger partial charge in [0.15, 0.2) is 23.7 Å². The van der Waals surface area contributed by atoms with Crippen molar-refractivity contribution in [3.8, 4) is 0 Å². The van der Waals surface area contributed by atoms with Gasteiger partial charge in [-0.3, -0.25) is 54.5 Å². The molecule has 0 aliphatic heterocycles. The van der Waals surface area contributed by atoms with Crippen molar-refractivity contribution in [2.24, 2.45) is 22.7 Å². The van der Waals surface area contributed by atoms with Crippen molar-refractivity contribution in [1.29, 1.82) is 0 Å². The number of nitrogens with zero attached hydrogens (tertiary/aromatic N) is 2. The maximum atomic E-state index is 17.6. The highest BCUT2D eigenvalue weighted by Gasteiger charge is 2.75. The number of alkyl halides is 1. The van der Waals surface area contributed by atoms with Crippen molar-refractivity contribution in [3.63, 3.8) is 0 Å². The minimum absolute atomic E-state index is 0.0206. The molecule has 7 atom stereocenters. The fourth-order valence-electron chi connectivity index (χ4n) is 8.60. The van der Waals surface area contributed by atoms with Crippen LogP contribution in [0.1, 0.15) is 78.1 Å². The summed E-state index contributed by atoms with van der Waals surface area (Å²) in [4.78, 5) is 72.8. The molecule has 4 rings (SSSR count). The van der Waals surface area contributed by atoms with E-state index in [-0.39, 0.29) is 83.3 Å². The maximum Gasteiger partial charge on any atom is 0.308 e. The molecule has 18 heteroatoms. The van der Waals surface area contributed by atoms with Crippen LogP contribution in [0.15, 0.2) is 23.8 Å². The first-order chi connectivity index (χ1) is 23.5. The SMILES string of the molecule is C[C@]12C=CC(=O)C=C1CCC1C3CC[C@](OC(=O)CCCON(O)O)(C(=O)COC(=O)CCNC(=O)CCCON(O)O)[C@@]3(C)C[C@H](O)[C@@]12F. The molecule has 2 unspecified atom stereocenters. The van der Waals surface area contributed by atoms with Gasteiger partial charge >= 0.3 is 11.9 Å². The number of hydrogen-bond acceptors (Lipinski definition) is 16. The number of halogens is 1. The summed E-state index contributed by atoms with van der Waals surface area (Å²) in [6.07, 6.45) is 2.72. The minimum atomic E-state index is -2.19. The number of rotatable bonds is 17. The third-order valence-corrected chi connectivity index (χ3v) is 11.0. The van der Waals surface area contributed by atoms with Crippen LogP contribution in [0, 0.1) is 22.7 Å². The topological polar surface area (TPSA) is 242 Å². The van der Waals surface area contributed by atoms with Crippen LogP contribution in [-0.4, -0.2) is 110 Å². The molecular formula is C32H46FN3O14. The Bertz CT molecular complexity index is 1380. The Morgan fingerprint density at radius 3 is 2.28 bits per heavy atom. The third kappa shape index (κ3) is 7.83. The molecule has 17 nitrogen and oxygen atoms in total. The van der Waals surface area contributed by atoms with Gasteiger partial charge in [-0.15, -0.1) is 0 Å². The van der Waals surface area contributed by atoms with Crippen LogP contribution in [0.5, 0.6) is 0 Å². The largest absolute Gasteiger partial charge is 0.457 e. The van der Waals surface area contributed by atoms with Crippen LogP contribution in [0.2, 0.25) is 0 Å². The molecule has 3 saturated carbocycles. The normalized spacial score (nSPS) is 33.0. The van der Waals surface area contributed by atoms with Crippen LogP contribution >= 0.6 is 0 Å². The standard InChI is InChI=1S/C32H46FN3O14/c1-29-12-9-21(37)17-20(29)7-8-23-22-10-13-31(30(22,2)18-24(38)32(23,29)33,50-28(42)6-4-16-49-36(45)46)25(39)19-47-27(41)11-14-34-26(40)5-3-15-48-35(43)44/h9,12,17,22-24,38,43-46H,3-8,10-11,13-16,18-19H2,1-2H3,(H,34,40)/t22?,23?,24-,29-,30-,31-,32-/m0/s1. The Hall–Kier alpha value is -3.20. The van der Waals surface area contributed by atoms with E-state index < -0.39 is 81.1 Å². The zero-order valence-electron chi connectivity index (χ0n) is 28.0. The molecule has 0 radical (unpaired) electrons. The molecule has 0 saturated heterocycles. The molecule has 0 aromatic rings. The Kier molecular flexibility index (Phi) is 12.7. The third-order valence-electron chi connectivity index (χ3n) is 11.0. The van der Waals surface area contributed by atoms with Crippen molar-refractivity contribution < 1.29 is 73.4 Å². The zero-order chi connectivity index (χ0) is 36.9. The number of ketones is 2. The first kappa shape index (κ1) is 39.6. The Labute approximate surface area is 287 Å². The smallest absolute Gasteiger partial charge is 0.308 e. The molecule has 0 aromatic heterocycles. The van der Waals surface area contributed by atoms with E-state index in [4.69, 9.17) is 30.3 Å². The molecule has 6 N–H and O–H groups in total. The second kappa shape index (κ2) is 16.0. The summed E-state index contributed by atoms with van der Waals surface area (Å²) >= 11 is 0. The number of esters is 2. The molecule has 4 aliphatic rings. The zero-order valence-corrected chi connectivity index (χ0v) is 28.0. The second-order valence-corrected chi connectivity index (χ2v) is 13.7. The predicted octanol–water partition coefficient (Wildman–Crippen LogP) is 1.84. The number of ether oxygens (including phenoxy) is 2. The maximum absolute atomic E-state index is 17.6. The van der Waals surface area contributed by atoms with Crippen LogP contribution < -0.4 is 5.32 Å². The van der Waals surface area contributed by atoms with E-state index in [1.54, 1.807) is 13.8 Å². The van der Waals surface area contributed by atoms with Gasteiger partial charge in [0.25, 0.3) is 0 Å². The van der Waals surface area contributed by atoms with E-state index in [0.717, 1.165) is 0 Å². The Morgan fingerprint density at radius 1 is 0.960 bits per heavy atom. The number of nitrogens with one attached hydrogen (secondary N) is 1. The average molecular weight is 716 g/mol. The summed E-state index contributed by atoms with van der Waals surface area (Å²) in [7, 11) is 0. The number of allylic oxidation sites excluding steroid dienone is 4. The van der Waals surface area contributed by atoms with Gasteiger partial charge in [-0.25, -0.2) is 4.39 Å². The highest BCUT2D eigenvalue weighted by Crippen LogP contribution is 2.70. The van der Waals surface area contributed by atoms with E-state index in [9.17, 15) is 29.1 Å². The predicted molar refractivity (Wildman–Crippen MR) is 162 cm³/mol. The van der Waals surface area contributed by atoms with Crippen molar-refractivity contribution in [2.75, 3.05) is 26.4 Å². The molecule has 4 aliphatic carbocycles. The Morgan fingerprint density at radius 2 is 1.62 bits per heavy atom. The fraction of sp³-hybridized carbons (Fsp3) is 0.719. The number of carbonyl (C=O) groups excluding carboxylic acids is 5. The van der Waals surface area contributed by atoms with Gasteiger partial charge in [0, 0.05) is 36.1 Å². The quantitative estimate of drug-likeness (QED) is 0.0715. The number of aliphatic hydroxyl groups excluding tert-OH is 1. The van der Waals surface area contributed by atoms with Crippen LogP contribution in [0.4, 0.5) is 4.39 Å². The molecule has 0 heterocycles. The van der Waals surface area contributed by atoms with Crippen LogP contribution in [0.3, 0.4) is 0 Å². The van der Waals surface area contributed by atoms with Gasteiger partial charge in [0.05, 0.1) is 36.5 Å². The summed E-state index contributed by atoms with van der Waals surface area (Å²) < 4.78 is 28.8. The number of aliphatic hydroxyl groups is 1. The van der Waals surface area contributed by atoms with Gasteiger partial charge in [-0.1, -0.05) is 18.6 Å². The molecule has 3 fully saturated rings. The lowest BCUT2D eigenvalue weighted by atomic mass is 9.44. The van der Waals surface area contributed by atoms with Gasteiger partial charge in [0.1, 0.15) is 0 Å². The highest BCUT2D eigenvalue weighted by atomic mass is 19.1. The second-order valence-electron chi connectivity index (χ2n) is 13.7. The molecule has 0 spiro atoms. The number of carbonyl (C=O) groups is 5. The first-order valence-electron chi connectivity index (χ1n) is 16.6. The minimum Gasteiger partial charge on any atom is -0.457 e. The number of Topliss-reactive ketones (excluding diaryl/α,β-unsaturated/α-hetero) is 1. The van der Waals surface area contributed by atoms with Crippen molar-refractivity contribution in [2.45, 2.75) is 95.4 Å². The van der Waals surface area contributed by atoms with E-state index in [1.165, 1.54) is 18.2 Å². The lowest BCUT2D eigenvalue weighted by Gasteiger charge is -2.62. The van der Waals surface area contributed by atoms with Gasteiger partial charge in [-0.05, 0) is 69.9 Å². The first-order valence-corrected chi connectivity index (χ1v) is 16.6. The summed E-state index contributed by atoms with van der Waals surface area (Å²) in [5.74, 6) is -4.46. The Balaban J connectivity index is 1.49. The lowest BCUT2D eigenvalue weighted by molar-refractivity contribution is -0.492. The molecular weight excluding hydrogens is 669 g/mol. The summed E-state index contributed by atoms with van der Waals surface area (Å²) in [6, 6.07) is 0. The summed E-state index contributed by atoms with van der Waals surface area (Å²) in [6.45, 7) is 1.99. The highest BCUT2D eigenvalue weighted by molar-refractivity contribution is 6.01. The summed E-state index contributed by atoms with van der Waals surface area (Å²) in [5.41, 5.74) is -6.09. The van der Waals surface area contributed by atoms with Crippen molar-refractivity contribution in [1.82, 2.24) is 16.1 Å². The van der Waals surface area contributed by atoms with Gasteiger partial charge < -0.3 is 19.9 Å². The molecule has 0 aromatic carbocycles. The molecule has 280 valence electrons. The molecule has 1 amide bonds. The lowest BCUT2D eigenvalue weighted by Crippen LogP contribution is -2.69.